The van der Waals surface area contributed by atoms with Crippen molar-refractivity contribution in [2.45, 2.75) is 302 Å². The number of hydrogen-bond donors (Lipinski definition) is 0. The molecule has 6 heteroatoms. The number of carbonyl (C=O) groups is 4. The van der Waals surface area contributed by atoms with Gasteiger partial charge in [0.2, 0.25) is 0 Å². The van der Waals surface area contributed by atoms with Gasteiger partial charge in [-0.25, -0.2) is 9.59 Å². The molecule has 0 amide bonds. The molecule has 0 atom stereocenters. The average molecular weight is 1050 g/mol. The van der Waals surface area contributed by atoms with Crippen molar-refractivity contribution in [1.82, 2.24) is 0 Å². The van der Waals surface area contributed by atoms with E-state index in [-0.39, 0.29) is 35.9 Å². The van der Waals surface area contributed by atoms with Gasteiger partial charge >= 0.3 is 11.9 Å². The first-order valence-corrected chi connectivity index (χ1v) is 31.4. The van der Waals surface area contributed by atoms with Gasteiger partial charge < -0.3 is 9.47 Å². The summed E-state index contributed by atoms with van der Waals surface area (Å²) in [5.41, 5.74) is 2.07. The normalized spacial score (nSPS) is 15.0. The van der Waals surface area contributed by atoms with E-state index in [2.05, 4.69) is 13.8 Å². The second kappa shape index (κ2) is 36.6. The van der Waals surface area contributed by atoms with Crippen LogP contribution in [0.25, 0.3) is 0 Å². The zero-order chi connectivity index (χ0) is 56.6. The van der Waals surface area contributed by atoms with Crippen molar-refractivity contribution < 1.29 is 28.7 Å². The number of allylic oxidation sites excluding steroid dienone is 10. The van der Waals surface area contributed by atoms with Gasteiger partial charge in [0.15, 0.2) is 11.6 Å². The number of Topliss-reactive ketones (excluding diaryl/α,β-unsaturated/α-hetero) is 2. The number of ketones is 2. The lowest BCUT2D eigenvalue weighted by Gasteiger charge is -2.31. The monoisotopic (exact) mass is 1050 g/mol. The van der Waals surface area contributed by atoms with E-state index in [4.69, 9.17) is 9.47 Å². The van der Waals surface area contributed by atoms with Crippen molar-refractivity contribution >= 4 is 23.5 Å². The Morgan fingerprint density at radius 3 is 0.697 bits per heavy atom. The van der Waals surface area contributed by atoms with Crippen LogP contribution in [0.15, 0.2) is 81.0 Å². The molecule has 2 aliphatic carbocycles. The third kappa shape index (κ3) is 27.9. The maximum atomic E-state index is 14.8. The molecule has 76 heavy (non-hydrogen) atoms. The van der Waals surface area contributed by atoms with Gasteiger partial charge in [-0.1, -0.05) is 290 Å². The lowest BCUT2D eigenvalue weighted by molar-refractivity contribution is -0.141. The molecule has 0 N–H and O–H groups in total. The highest BCUT2D eigenvalue weighted by Crippen LogP contribution is 2.41. The number of carbonyl (C=O) groups excluding carboxylic acids is 4. The third-order valence-corrected chi connectivity index (χ3v) is 15.3. The van der Waals surface area contributed by atoms with Crippen molar-refractivity contribution in [2.75, 3.05) is 13.2 Å². The number of unbranched alkanes of at least 4 members (excludes halogenated alkanes) is 30. The fourth-order valence-electron chi connectivity index (χ4n) is 10.3. The fourth-order valence-corrected chi connectivity index (χ4v) is 10.3. The van der Waals surface area contributed by atoms with Crippen LogP contribution >= 0.6 is 0 Å². The highest BCUT2D eigenvalue weighted by Gasteiger charge is 2.36. The minimum Gasteiger partial charge on any atom is -0.462 e. The summed E-state index contributed by atoms with van der Waals surface area (Å²) < 4.78 is 12.3. The van der Waals surface area contributed by atoms with Crippen LogP contribution in [-0.2, 0) is 28.7 Å². The van der Waals surface area contributed by atoms with Crippen LogP contribution in [0.2, 0.25) is 0 Å². The molecule has 0 aromatic carbocycles. The Kier molecular flexibility index (Phi) is 33.0. The Morgan fingerprint density at radius 1 is 0.329 bits per heavy atom. The van der Waals surface area contributed by atoms with Crippen molar-refractivity contribution in [3.05, 3.63) is 81.0 Å². The molecule has 0 aromatic rings. The van der Waals surface area contributed by atoms with Gasteiger partial charge in [0.1, 0.15) is 0 Å². The molecular formula is C70H116O6. The van der Waals surface area contributed by atoms with E-state index in [1.54, 1.807) is 12.2 Å². The molecule has 6 nitrogen and oxygen atoms in total. The molecule has 0 aliphatic heterocycles. The number of hydrogen-bond acceptors (Lipinski definition) is 6. The van der Waals surface area contributed by atoms with Crippen molar-refractivity contribution in [3.8, 4) is 0 Å². The average Bonchev–Trinajstić information content (AvgIpc) is 3.33. The Hall–Kier alpha value is -3.54. The highest BCUT2D eigenvalue weighted by molar-refractivity contribution is 6.13. The van der Waals surface area contributed by atoms with Crippen LogP contribution in [0.5, 0.6) is 0 Å². The van der Waals surface area contributed by atoms with Gasteiger partial charge in [0.05, 0.1) is 24.4 Å². The van der Waals surface area contributed by atoms with Gasteiger partial charge in [0, 0.05) is 22.3 Å². The Bertz CT molecular complexity index is 1770. The van der Waals surface area contributed by atoms with Crippen LogP contribution < -0.4 is 0 Å². The lowest BCUT2D eigenvalue weighted by Crippen LogP contribution is -2.28. The fraction of sp³-hybridized carbons (Fsp3) is 0.743. The maximum Gasteiger partial charge on any atom is 0.339 e. The first-order chi connectivity index (χ1) is 35.9. The molecule has 2 aliphatic rings. The second-order valence-corrected chi connectivity index (χ2v) is 26.9. The minimum atomic E-state index is -0.611. The maximum absolute atomic E-state index is 14.8. The van der Waals surface area contributed by atoms with Crippen molar-refractivity contribution in [3.63, 3.8) is 0 Å². The number of ether oxygens (including phenoxy) is 2. The molecule has 0 aromatic heterocycles. The molecule has 432 valence electrons. The van der Waals surface area contributed by atoms with E-state index in [1.165, 1.54) is 167 Å². The molecule has 0 heterocycles. The summed E-state index contributed by atoms with van der Waals surface area (Å²) in [6.45, 7) is 29.3. The van der Waals surface area contributed by atoms with Crippen LogP contribution in [0, 0.1) is 21.7 Å². The zero-order valence-electron chi connectivity index (χ0n) is 52.0. The van der Waals surface area contributed by atoms with Crippen LogP contribution in [0.1, 0.15) is 302 Å². The molecule has 0 fully saturated rings. The van der Waals surface area contributed by atoms with Gasteiger partial charge in [-0.2, -0.15) is 0 Å². The standard InChI is InChI=1S/C70H116O6/c1-15-17-19-21-23-25-27-29-31-33-35-37-39-41-43-45-47-75-65(73)57(49-55-51-59(67(3,4)5)63(71)60(52-55)68(6,7)8)58(50-56-53-61(69(9,10)11)64(72)62(54-56)70(12,13)14)66(74)76-48-46-44-42-40-38-36-34-32-30-28-26-24-22-20-18-16-2/h49-54H,15-48H2,1-14H3/b58-57-. The Balaban J connectivity index is 2.40. The van der Waals surface area contributed by atoms with Gasteiger partial charge in [0.25, 0.3) is 0 Å². The summed E-state index contributed by atoms with van der Waals surface area (Å²) in [4.78, 5) is 57.7. The second-order valence-electron chi connectivity index (χ2n) is 26.9. The quantitative estimate of drug-likeness (QED) is 0.0348. The van der Waals surface area contributed by atoms with Gasteiger partial charge in [-0.05, 0) is 82.1 Å². The number of esters is 2. The Labute approximate surface area is 468 Å². The molecule has 0 spiro atoms. The SMILES string of the molecule is CCCCCCCCCCCCCCCCCCOC(=O)/C(C=C1C=C(C(C)(C)C)C(=O)C(C(C)(C)C)=C1)=C(/C=C1C=C(C(C)(C)C)C(=O)C(C(C)(C)C)=C1)C(=O)OCCCCCCCCCCCCCCCCCC. The smallest absolute Gasteiger partial charge is 0.339 e. The Morgan fingerprint density at radius 2 is 0.513 bits per heavy atom. The predicted molar refractivity (Wildman–Crippen MR) is 324 cm³/mol. The molecule has 0 saturated heterocycles. The van der Waals surface area contributed by atoms with E-state index in [1.807, 2.05) is 107 Å². The largest absolute Gasteiger partial charge is 0.462 e. The first kappa shape index (κ1) is 68.6. The van der Waals surface area contributed by atoms with E-state index >= 15 is 0 Å². The summed E-state index contributed by atoms with van der Waals surface area (Å²) in [7, 11) is 0. The molecule has 0 saturated carbocycles. The van der Waals surface area contributed by atoms with Gasteiger partial charge in [-0.15, -0.1) is 0 Å². The summed E-state index contributed by atoms with van der Waals surface area (Å²) in [6.07, 6.45) is 51.0. The highest BCUT2D eigenvalue weighted by atomic mass is 16.5. The van der Waals surface area contributed by atoms with Gasteiger partial charge in [-0.3, -0.25) is 9.59 Å². The van der Waals surface area contributed by atoms with Crippen molar-refractivity contribution in [2.24, 2.45) is 21.7 Å². The van der Waals surface area contributed by atoms with E-state index in [0.29, 0.717) is 33.4 Å². The molecule has 0 bridgehead atoms. The molecule has 2 rings (SSSR count). The summed E-state index contributed by atoms with van der Waals surface area (Å²) in [5.74, 6) is -1.25. The van der Waals surface area contributed by atoms with Crippen molar-refractivity contribution in [1.29, 1.82) is 0 Å². The van der Waals surface area contributed by atoms with E-state index in [0.717, 1.165) is 38.5 Å². The molecule has 0 radical (unpaired) electrons. The molecule has 0 unspecified atom stereocenters. The first-order valence-electron chi connectivity index (χ1n) is 31.4. The minimum absolute atomic E-state index is 0.0131. The summed E-state index contributed by atoms with van der Waals surface area (Å²) in [5, 5.41) is 0. The summed E-state index contributed by atoms with van der Waals surface area (Å²) in [6, 6.07) is 0. The summed E-state index contributed by atoms with van der Waals surface area (Å²) >= 11 is 0. The van der Waals surface area contributed by atoms with E-state index < -0.39 is 33.6 Å². The number of rotatable bonds is 38. The predicted octanol–water partition coefficient (Wildman–Crippen LogP) is 20.8. The zero-order valence-corrected chi connectivity index (χ0v) is 52.0. The lowest BCUT2D eigenvalue weighted by atomic mass is 9.71. The molecular weight excluding hydrogens is 937 g/mol. The van der Waals surface area contributed by atoms with E-state index in [9.17, 15) is 19.2 Å². The topological polar surface area (TPSA) is 86.7 Å². The van der Waals surface area contributed by atoms with Crippen LogP contribution in [0.3, 0.4) is 0 Å². The third-order valence-electron chi connectivity index (χ3n) is 15.3. The van der Waals surface area contributed by atoms with Crippen LogP contribution in [-0.4, -0.2) is 36.7 Å². The van der Waals surface area contributed by atoms with Crippen LogP contribution in [0.4, 0.5) is 0 Å².